The van der Waals surface area contributed by atoms with Crippen molar-refractivity contribution in [3.05, 3.63) is 6.42 Å². The van der Waals surface area contributed by atoms with Crippen molar-refractivity contribution >= 4 is 0 Å². The highest BCUT2D eigenvalue weighted by Crippen LogP contribution is 2.15. The van der Waals surface area contributed by atoms with E-state index in [1.54, 1.807) is 0 Å². The van der Waals surface area contributed by atoms with Gasteiger partial charge in [0.15, 0.2) is 0 Å². The summed E-state index contributed by atoms with van der Waals surface area (Å²) in [5.74, 6) is 0. The third-order valence-electron chi connectivity index (χ3n) is 6.27. The first-order chi connectivity index (χ1) is 13.9. The smallest absolute Gasteiger partial charge is 0.0386 e. The van der Waals surface area contributed by atoms with Crippen LogP contribution >= 0.6 is 0 Å². The van der Waals surface area contributed by atoms with E-state index >= 15 is 0 Å². The molecule has 0 heteroatoms. The lowest BCUT2D eigenvalue weighted by molar-refractivity contribution is 0.522. The monoisotopic (exact) mass is 393 g/mol. The SMILES string of the molecule is CCCCCC[CH]CCCCCCCCCCCCCCCCCCCCC. The minimum atomic E-state index is 1.36. The van der Waals surface area contributed by atoms with Crippen LogP contribution in [0.15, 0.2) is 0 Å². The van der Waals surface area contributed by atoms with Gasteiger partial charge < -0.3 is 0 Å². The number of rotatable bonds is 25. The molecule has 0 amide bonds. The van der Waals surface area contributed by atoms with E-state index in [1.807, 2.05) is 0 Å². The molecule has 0 atom stereocenters. The van der Waals surface area contributed by atoms with Crippen LogP contribution in [0.1, 0.15) is 174 Å². The molecule has 0 bridgehead atoms. The van der Waals surface area contributed by atoms with E-state index in [1.165, 1.54) is 161 Å². The van der Waals surface area contributed by atoms with Crippen LogP contribution in [-0.4, -0.2) is 0 Å². The molecule has 0 nitrogen and oxygen atoms in total. The maximum Gasteiger partial charge on any atom is -0.0386 e. The van der Waals surface area contributed by atoms with Crippen LogP contribution in [0.5, 0.6) is 0 Å². The summed E-state index contributed by atoms with van der Waals surface area (Å²) in [7, 11) is 0. The van der Waals surface area contributed by atoms with Gasteiger partial charge in [0.05, 0.1) is 0 Å². The summed E-state index contributed by atoms with van der Waals surface area (Å²) in [4.78, 5) is 0. The van der Waals surface area contributed by atoms with Crippen molar-refractivity contribution in [1.29, 1.82) is 0 Å². The van der Waals surface area contributed by atoms with Gasteiger partial charge in [0.25, 0.3) is 0 Å². The summed E-state index contributed by atoms with van der Waals surface area (Å²) in [6, 6.07) is 0. The summed E-state index contributed by atoms with van der Waals surface area (Å²) >= 11 is 0. The van der Waals surface area contributed by atoms with Gasteiger partial charge in [0, 0.05) is 0 Å². The minimum absolute atomic E-state index is 1.36. The van der Waals surface area contributed by atoms with Gasteiger partial charge in [0.2, 0.25) is 0 Å². The van der Waals surface area contributed by atoms with Gasteiger partial charge in [0.1, 0.15) is 0 Å². The summed E-state index contributed by atoms with van der Waals surface area (Å²) < 4.78 is 0. The molecule has 0 aromatic rings. The third-order valence-corrected chi connectivity index (χ3v) is 6.27. The van der Waals surface area contributed by atoms with E-state index < -0.39 is 0 Å². The van der Waals surface area contributed by atoms with Crippen molar-refractivity contribution in [2.24, 2.45) is 0 Å². The van der Waals surface area contributed by atoms with Crippen molar-refractivity contribution in [2.75, 3.05) is 0 Å². The molecule has 0 fully saturated rings. The molecule has 0 aliphatic carbocycles. The van der Waals surface area contributed by atoms with Gasteiger partial charge in [-0.15, -0.1) is 0 Å². The van der Waals surface area contributed by atoms with Gasteiger partial charge in [-0.1, -0.05) is 174 Å². The maximum atomic E-state index is 2.54. The predicted octanol–water partition coefficient (Wildman–Crippen LogP) is 11.0. The zero-order valence-electron chi connectivity index (χ0n) is 20.3. The van der Waals surface area contributed by atoms with E-state index in [2.05, 4.69) is 20.3 Å². The van der Waals surface area contributed by atoms with E-state index in [4.69, 9.17) is 0 Å². The van der Waals surface area contributed by atoms with Crippen molar-refractivity contribution < 1.29 is 0 Å². The Morgan fingerprint density at radius 1 is 0.286 bits per heavy atom. The third kappa shape index (κ3) is 26.0. The topological polar surface area (TPSA) is 0 Å². The Hall–Kier alpha value is 0. The van der Waals surface area contributed by atoms with Gasteiger partial charge in [-0.3, -0.25) is 0 Å². The Labute approximate surface area is 181 Å². The van der Waals surface area contributed by atoms with Crippen molar-refractivity contribution in [2.45, 2.75) is 174 Å². The number of unbranched alkanes of at least 4 members (excludes halogenated alkanes) is 25. The molecule has 0 heterocycles. The first-order valence-electron chi connectivity index (χ1n) is 13.7. The number of hydrogen-bond donors (Lipinski definition) is 0. The number of hydrogen-bond acceptors (Lipinski definition) is 0. The lowest BCUT2D eigenvalue weighted by Gasteiger charge is -2.04. The van der Waals surface area contributed by atoms with Crippen LogP contribution in [0.25, 0.3) is 0 Å². The van der Waals surface area contributed by atoms with E-state index in [0.29, 0.717) is 0 Å². The summed E-state index contributed by atoms with van der Waals surface area (Å²) in [5.41, 5.74) is 0. The molecule has 0 spiro atoms. The molecule has 28 heavy (non-hydrogen) atoms. The maximum absolute atomic E-state index is 2.54. The summed E-state index contributed by atoms with van der Waals surface area (Å²) in [6.07, 6.45) is 38.9. The molecule has 0 N–H and O–H groups in total. The largest absolute Gasteiger partial charge is 0.0654 e. The second-order valence-electron chi connectivity index (χ2n) is 9.29. The average Bonchev–Trinajstić information content (AvgIpc) is 2.71. The molecule has 0 aromatic carbocycles. The Kier molecular flexibility index (Phi) is 27.0. The van der Waals surface area contributed by atoms with Crippen LogP contribution in [0.2, 0.25) is 0 Å². The predicted molar refractivity (Wildman–Crippen MR) is 131 cm³/mol. The molecule has 0 aromatic heterocycles. The second-order valence-corrected chi connectivity index (χ2v) is 9.29. The Morgan fingerprint density at radius 3 is 0.786 bits per heavy atom. The van der Waals surface area contributed by atoms with Crippen molar-refractivity contribution in [1.82, 2.24) is 0 Å². The zero-order valence-corrected chi connectivity index (χ0v) is 20.3. The Balaban J connectivity index is 2.96. The Morgan fingerprint density at radius 2 is 0.500 bits per heavy atom. The molecule has 0 unspecified atom stereocenters. The fourth-order valence-electron chi connectivity index (χ4n) is 4.23. The van der Waals surface area contributed by atoms with Gasteiger partial charge in [-0.25, -0.2) is 0 Å². The molecular formula is C28H57. The normalized spacial score (nSPS) is 11.4. The standard InChI is InChI=1S/C28H57/c1-3-5-7-9-11-13-15-17-19-21-23-25-27-28-26-24-22-20-18-16-14-12-10-8-6-4-2/h13H,3-12,14-28H2,1-2H3. The lowest BCUT2D eigenvalue weighted by atomic mass is 10.0. The molecule has 169 valence electrons. The quantitative estimate of drug-likeness (QED) is 0.135. The highest BCUT2D eigenvalue weighted by atomic mass is 14.0. The molecule has 0 aliphatic heterocycles. The minimum Gasteiger partial charge on any atom is -0.0654 e. The molecule has 0 aliphatic rings. The zero-order chi connectivity index (χ0) is 20.4. The van der Waals surface area contributed by atoms with Crippen LogP contribution in [0.4, 0.5) is 0 Å². The molecular weight excluding hydrogens is 336 g/mol. The molecule has 1 radical (unpaired) electrons. The van der Waals surface area contributed by atoms with Gasteiger partial charge in [-0.05, 0) is 6.42 Å². The molecule has 0 saturated carbocycles. The fraction of sp³-hybridized carbons (Fsp3) is 0.964. The summed E-state index contributed by atoms with van der Waals surface area (Å²) in [6.45, 7) is 4.60. The fourth-order valence-corrected chi connectivity index (χ4v) is 4.23. The van der Waals surface area contributed by atoms with Crippen LogP contribution in [0, 0.1) is 6.42 Å². The lowest BCUT2D eigenvalue weighted by Crippen LogP contribution is -1.85. The van der Waals surface area contributed by atoms with E-state index in [-0.39, 0.29) is 0 Å². The summed E-state index contributed by atoms with van der Waals surface area (Å²) in [5, 5.41) is 0. The Bertz CT molecular complexity index is 218. The first-order valence-corrected chi connectivity index (χ1v) is 13.7. The average molecular weight is 394 g/mol. The van der Waals surface area contributed by atoms with E-state index in [9.17, 15) is 0 Å². The second kappa shape index (κ2) is 27.0. The van der Waals surface area contributed by atoms with Crippen LogP contribution in [-0.2, 0) is 0 Å². The molecule has 0 saturated heterocycles. The van der Waals surface area contributed by atoms with Gasteiger partial charge >= 0.3 is 0 Å². The van der Waals surface area contributed by atoms with Crippen LogP contribution in [0.3, 0.4) is 0 Å². The van der Waals surface area contributed by atoms with Crippen molar-refractivity contribution in [3.63, 3.8) is 0 Å². The van der Waals surface area contributed by atoms with Crippen molar-refractivity contribution in [3.8, 4) is 0 Å². The highest BCUT2D eigenvalue weighted by molar-refractivity contribution is 4.64. The van der Waals surface area contributed by atoms with Crippen LogP contribution < -0.4 is 0 Å². The van der Waals surface area contributed by atoms with E-state index in [0.717, 1.165) is 0 Å². The van der Waals surface area contributed by atoms with Gasteiger partial charge in [-0.2, -0.15) is 0 Å². The first kappa shape index (κ1) is 28.0. The molecule has 0 rings (SSSR count). The highest BCUT2D eigenvalue weighted by Gasteiger charge is 1.96.